The summed E-state index contributed by atoms with van der Waals surface area (Å²) < 4.78 is 12.5. The standard InChI is InChI=1S/C20H18N4O2/c1-25-17-10-8-14(12-18(17)26-2)13-20-22-21-19-11-9-16(23-24(19)20)15-6-4-3-5-7-15/h3-12H,13H2,1-2H3. The van der Waals surface area contributed by atoms with Gasteiger partial charge in [-0.05, 0) is 29.8 Å². The van der Waals surface area contributed by atoms with E-state index in [-0.39, 0.29) is 0 Å². The molecule has 0 N–H and O–H groups in total. The number of hydrogen-bond acceptors (Lipinski definition) is 5. The molecule has 0 unspecified atom stereocenters. The molecule has 0 atom stereocenters. The number of ether oxygens (including phenoxy) is 2. The number of hydrogen-bond donors (Lipinski definition) is 0. The van der Waals surface area contributed by atoms with Crippen molar-refractivity contribution in [2.75, 3.05) is 14.2 Å². The molecule has 0 fully saturated rings. The van der Waals surface area contributed by atoms with Gasteiger partial charge in [0.25, 0.3) is 0 Å². The van der Waals surface area contributed by atoms with E-state index < -0.39 is 0 Å². The highest BCUT2D eigenvalue weighted by molar-refractivity contribution is 5.60. The maximum Gasteiger partial charge on any atom is 0.177 e. The Kier molecular flexibility index (Phi) is 4.23. The van der Waals surface area contributed by atoms with E-state index in [1.54, 1.807) is 18.7 Å². The Morgan fingerprint density at radius 3 is 2.42 bits per heavy atom. The Morgan fingerprint density at radius 2 is 1.65 bits per heavy atom. The average Bonchev–Trinajstić information content (AvgIpc) is 3.10. The minimum absolute atomic E-state index is 0.590. The largest absolute Gasteiger partial charge is 0.493 e. The normalized spacial score (nSPS) is 10.8. The van der Waals surface area contributed by atoms with Crippen LogP contribution >= 0.6 is 0 Å². The fraction of sp³-hybridized carbons (Fsp3) is 0.150. The Morgan fingerprint density at radius 1 is 0.846 bits per heavy atom. The molecule has 130 valence electrons. The lowest BCUT2D eigenvalue weighted by atomic mass is 10.1. The fourth-order valence-corrected chi connectivity index (χ4v) is 2.88. The molecule has 4 rings (SSSR count). The third-order valence-electron chi connectivity index (χ3n) is 4.21. The van der Waals surface area contributed by atoms with Crippen molar-refractivity contribution >= 4 is 5.65 Å². The van der Waals surface area contributed by atoms with Gasteiger partial charge in [-0.25, -0.2) is 0 Å². The first-order chi connectivity index (χ1) is 12.8. The van der Waals surface area contributed by atoms with Gasteiger partial charge in [0.1, 0.15) is 0 Å². The van der Waals surface area contributed by atoms with E-state index in [9.17, 15) is 0 Å². The van der Waals surface area contributed by atoms with E-state index >= 15 is 0 Å². The van der Waals surface area contributed by atoms with E-state index in [4.69, 9.17) is 14.6 Å². The summed E-state index contributed by atoms with van der Waals surface area (Å²) in [6.45, 7) is 0. The molecule has 0 spiro atoms. The maximum atomic E-state index is 5.38. The topological polar surface area (TPSA) is 61.5 Å². The average molecular weight is 346 g/mol. The molecule has 0 bridgehead atoms. The van der Waals surface area contributed by atoms with Crippen LogP contribution in [0.2, 0.25) is 0 Å². The van der Waals surface area contributed by atoms with Gasteiger partial charge in [0, 0.05) is 12.0 Å². The van der Waals surface area contributed by atoms with Crippen LogP contribution in [0.5, 0.6) is 11.5 Å². The Balaban J connectivity index is 1.71. The second kappa shape index (κ2) is 6.84. The highest BCUT2D eigenvalue weighted by Crippen LogP contribution is 2.28. The van der Waals surface area contributed by atoms with Gasteiger partial charge in [-0.15, -0.1) is 10.2 Å². The van der Waals surface area contributed by atoms with E-state index in [2.05, 4.69) is 10.2 Å². The van der Waals surface area contributed by atoms with Gasteiger partial charge < -0.3 is 9.47 Å². The molecule has 0 aliphatic rings. The van der Waals surface area contributed by atoms with Crippen LogP contribution in [0.15, 0.2) is 60.7 Å². The second-order valence-corrected chi connectivity index (χ2v) is 5.84. The van der Waals surface area contributed by atoms with Crippen LogP contribution in [0, 0.1) is 0 Å². The van der Waals surface area contributed by atoms with Crippen LogP contribution in [-0.2, 0) is 6.42 Å². The third-order valence-corrected chi connectivity index (χ3v) is 4.21. The smallest absolute Gasteiger partial charge is 0.177 e. The van der Waals surface area contributed by atoms with E-state index in [0.29, 0.717) is 17.9 Å². The van der Waals surface area contributed by atoms with Gasteiger partial charge in [-0.3, -0.25) is 0 Å². The Bertz CT molecular complexity index is 1040. The van der Waals surface area contributed by atoms with Crippen LogP contribution in [0.25, 0.3) is 16.9 Å². The second-order valence-electron chi connectivity index (χ2n) is 5.84. The van der Waals surface area contributed by atoms with E-state index in [1.165, 1.54) is 0 Å². The minimum atomic E-state index is 0.590. The summed E-state index contributed by atoms with van der Waals surface area (Å²) in [5, 5.41) is 13.2. The molecule has 26 heavy (non-hydrogen) atoms. The maximum absolute atomic E-state index is 5.38. The predicted octanol–water partition coefficient (Wildman–Crippen LogP) is 3.40. The highest BCUT2D eigenvalue weighted by Gasteiger charge is 2.11. The molecule has 6 nitrogen and oxygen atoms in total. The summed E-state index contributed by atoms with van der Waals surface area (Å²) in [5.74, 6) is 2.16. The van der Waals surface area contributed by atoms with Crippen LogP contribution in [0.3, 0.4) is 0 Å². The lowest BCUT2D eigenvalue weighted by Gasteiger charge is -2.09. The van der Waals surface area contributed by atoms with Crippen LogP contribution < -0.4 is 9.47 Å². The lowest BCUT2D eigenvalue weighted by Crippen LogP contribution is -2.02. The first kappa shape index (κ1) is 16.1. The monoisotopic (exact) mass is 346 g/mol. The number of nitrogens with zero attached hydrogens (tertiary/aromatic N) is 4. The Hall–Kier alpha value is -3.41. The van der Waals surface area contributed by atoms with Crippen LogP contribution in [0.4, 0.5) is 0 Å². The quantitative estimate of drug-likeness (QED) is 0.554. The Labute approximate surface area is 151 Å². The van der Waals surface area contributed by atoms with Gasteiger partial charge in [0.2, 0.25) is 0 Å². The zero-order valence-corrected chi connectivity index (χ0v) is 14.6. The van der Waals surface area contributed by atoms with E-state index in [1.807, 2.05) is 60.7 Å². The van der Waals surface area contributed by atoms with E-state index in [0.717, 1.165) is 28.3 Å². The van der Waals surface area contributed by atoms with Gasteiger partial charge in [0.15, 0.2) is 23.0 Å². The summed E-state index contributed by atoms with van der Waals surface area (Å²) in [7, 11) is 3.25. The van der Waals surface area contributed by atoms with Crippen molar-refractivity contribution in [2.24, 2.45) is 0 Å². The summed E-state index contributed by atoms with van der Waals surface area (Å²) >= 11 is 0. The van der Waals surface area contributed by atoms with Crippen LogP contribution in [-0.4, -0.2) is 34.0 Å². The molecule has 2 heterocycles. The zero-order chi connectivity index (χ0) is 17.9. The number of aromatic nitrogens is 4. The van der Waals surface area contributed by atoms with Crippen molar-refractivity contribution in [1.82, 2.24) is 19.8 Å². The fourth-order valence-electron chi connectivity index (χ4n) is 2.88. The summed E-state index contributed by atoms with van der Waals surface area (Å²) in [6.07, 6.45) is 0.590. The van der Waals surface area contributed by atoms with Crippen molar-refractivity contribution in [3.8, 4) is 22.8 Å². The summed E-state index contributed by atoms with van der Waals surface area (Å²) in [4.78, 5) is 0. The molecule has 0 radical (unpaired) electrons. The van der Waals surface area contributed by atoms with Gasteiger partial charge in [-0.1, -0.05) is 36.4 Å². The molecule has 2 aromatic carbocycles. The molecule has 4 aromatic rings. The number of fused-ring (bicyclic) bond motifs is 1. The minimum Gasteiger partial charge on any atom is -0.493 e. The lowest BCUT2D eigenvalue weighted by molar-refractivity contribution is 0.354. The first-order valence-electron chi connectivity index (χ1n) is 8.26. The summed E-state index contributed by atoms with van der Waals surface area (Å²) in [5.41, 5.74) is 3.70. The van der Waals surface area contributed by atoms with Crippen molar-refractivity contribution < 1.29 is 9.47 Å². The zero-order valence-electron chi connectivity index (χ0n) is 14.6. The summed E-state index contributed by atoms with van der Waals surface area (Å²) in [6, 6.07) is 19.8. The highest BCUT2D eigenvalue weighted by atomic mass is 16.5. The van der Waals surface area contributed by atoms with Crippen molar-refractivity contribution in [3.63, 3.8) is 0 Å². The molecule has 6 heteroatoms. The molecule has 0 amide bonds. The van der Waals surface area contributed by atoms with Crippen molar-refractivity contribution in [2.45, 2.75) is 6.42 Å². The molecule has 0 saturated heterocycles. The predicted molar refractivity (Wildman–Crippen MR) is 98.6 cm³/mol. The van der Waals surface area contributed by atoms with Crippen molar-refractivity contribution in [3.05, 3.63) is 72.1 Å². The SMILES string of the molecule is COc1ccc(Cc2nnc3ccc(-c4ccccc4)nn23)cc1OC. The van der Waals surface area contributed by atoms with Gasteiger partial charge in [0.05, 0.1) is 19.9 Å². The molecular weight excluding hydrogens is 328 g/mol. The third kappa shape index (κ3) is 2.97. The molecule has 2 aromatic heterocycles. The first-order valence-corrected chi connectivity index (χ1v) is 8.26. The van der Waals surface area contributed by atoms with Crippen LogP contribution in [0.1, 0.15) is 11.4 Å². The van der Waals surface area contributed by atoms with Gasteiger partial charge in [-0.2, -0.15) is 9.61 Å². The number of methoxy groups -OCH3 is 2. The number of rotatable bonds is 5. The molecule has 0 aliphatic carbocycles. The molecule has 0 saturated carbocycles. The van der Waals surface area contributed by atoms with Gasteiger partial charge >= 0.3 is 0 Å². The van der Waals surface area contributed by atoms with Crippen molar-refractivity contribution in [1.29, 1.82) is 0 Å². The number of benzene rings is 2. The molecule has 0 aliphatic heterocycles. The molecular formula is C20H18N4O2.